The number of carbonyl (C=O) groups is 2. The van der Waals surface area contributed by atoms with Crippen molar-refractivity contribution in [3.8, 4) is 0 Å². The molecule has 0 spiro atoms. The largest absolute Gasteiger partial charge is 0.444 e. The number of ether oxygens (including phenoxy) is 1. The number of nitrogens with two attached hydrogens (primary N) is 1. The summed E-state index contributed by atoms with van der Waals surface area (Å²) in [5.74, 6) is 0.232. The van der Waals surface area contributed by atoms with E-state index >= 15 is 0 Å². The minimum absolute atomic E-state index is 0.171. The van der Waals surface area contributed by atoms with Crippen LogP contribution in [-0.4, -0.2) is 28.5 Å². The van der Waals surface area contributed by atoms with E-state index in [4.69, 9.17) is 10.5 Å². The molecule has 1 aliphatic rings. The molecule has 0 aromatic heterocycles. The van der Waals surface area contributed by atoms with E-state index in [1.807, 2.05) is 37.8 Å². The number of primary amides is 1. The van der Waals surface area contributed by atoms with Crippen molar-refractivity contribution in [3.63, 3.8) is 0 Å². The Kier molecular flexibility index (Phi) is 6.79. The van der Waals surface area contributed by atoms with Crippen LogP contribution in [0, 0.1) is 11.3 Å². The van der Waals surface area contributed by atoms with E-state index in [-0.39, 0.29) is 12.1 Å². The predicted octanol–water partition coefficient (Wildman–Crippen LogP) is 5.13. The van der Waals surface area contributed by atoms with Gasteiger partial charge in [-0.15, -0.1) is 0 Å². The van der Waals surface area contributed by atoms with Gasteiger partial charge >= 0.3 is 6.09 Å². The van der Waals surface area contributed by atoms with Gasteiger partial charge in [0.15, 0.2) is 0 Å². The number of hydrogen-bond acceptors (Lipinski definition) is 3. The average Bonchev–Trinajstić information content (AvgIpc) is 2.58. The molecular weight excluding hydrogens is 352 g/mol. The highest BCUT2D eigenvalue weighted by Crippen LogP contribution is 2.39. The van der Waals surface area contributed by atoms with Crippen molar-refractivity contribution in [2.45, 2.75) is 85.4 Å². The first-order chi connectivity index (χ1) is 12.9. The Morgan fingerprint density at radius 1 is 1.00 bits per heavy atom. The molecule has 1 saturated carbocycles. The van der Waals surface area contributed by atoms with Crippen LogP contribution in [0.5, 0.6) is 0 Å². The second-order valence-electron chi connectivity index (χ2n) is 10.0. The van der Waals surface area contributed by atoms with Gasteiger partial charge in [-0.1, -0.05) is 32.9 Å². The lowest BCUT2D eigenvalue weighted by Gasteiger charge is -2.41. The Balaban J connectivity index is 2.15. The minimum atomic E-state index is -0.534. The number of carbonyl (C=O) groups excluding carboxylic acids is 2. The third kappa shape index (κ3) is 6.25. The molecule has 0 unspecified atom stereocenters. The van der Waals surface area contributed by atoms with Crippen LogP contribution in [0.25, 0.3) is 0 Å². The van der Waals surface area contributed by atoms with Crippen LogP contribution in [0.2, 0.25) is 0 Å². The van der Waals surface area contributed by atoms with Crippen LogP contribution in [-0.2, 0) is 11.3 Å². The molecule has 0 bridgehead atoms. The molecule has 5 nitrogen and oxygen atoms in total. The maximum Gasteiger partial charge on any atom is 0.410 e. The molecule has 156 valence electrons. The summed E-state index contributed by atoms with van der Waals surface area (Å²) in [5, 5.41) is 0. The summed E-state index contributed by atoms with van der Waals surface area (Å²) in [6.07, 6.45) is 3.94. The summed E-state index contributed by atoms with van der Waals surface area (Å²) < 4.78 is 5.69. The number of amides is 2. The lowest BCUT2D eigenvalue weighted by Crippen LogP contribution is -2.45. The number of benzene rings is 1. The molecule has 0 heterocycles. The van der Waals surface area contributed by atoms with Gasteiger partial charge in [0.2, 0.25) is 5.91 Å². The van der Waals surface area contributed by atoms with Crippen LogP contribution in [0.1, 0.15) is 83.1 Å². The van der Waals surface area contributed by atoms with Crippen LogP contribution in [0.15, 0.2) is 24.3 Å². The molecule has 2 rings (SSSR count). The van der Waals surface area contributed by atoms with Crippen LogP contribution in [0.3, 0.4) is 0 Å². The summed E-state index contributed by atoms with van der Waals surface area (Å²) in [4.78, 5) is 26.1. The van der Waals surface area contributed by atoms with Crippen LogP contribution < -0.4 is 5.73 Å². The van der Waals surface area contributed by atoms with E-state index in [9.17, 15) is 9.59 Å². The van der Waals surface area contributed by atoms with Crippen molar-refractivity contribution in [2.75, 3.05) is 0 Å². The summed E-state index contributed by atoms with van der Waals surface area (Å²) in [5.41, 5.74) is 6.53. The smallest absolute Gasteiger partial charge is 0.410 e. The summed E-state index contributed by atoms with van der Waals surface area (Å²) in [7, 11) is 0. The van der Waals surface area contributed by atoms with Gasteiger partial charge in [0.05, 0.1) is 0 Å². The molecule has 0 atom stereocenters. The Bertz CT molecular complexity index is 675. The molecular formula is C23H36N2O3. The standard InChI is InChI=1S/C23H36N2O3/c1-22(2,3)18-11-13-19(14-12-18)25(21(27)28-23(4,5)6)15-16-7-9-17(10-8-16)20(24)26/h7-10,18-19H,11-15H2,1-6H3,(H2,24,26). The molecule has 1 fully saturated rings. The first-order valence-corrected chi connectivity index (χ1v) is 10.2. The second kappa shape index (κ2) is 8.54. The molecule has 0 saturated heterocycles. The molecule has 2 N–H and O–H groups in total. The van der Waals surface area contributed by atoms with E-state index < -0.39 is 11.5 Å². The van der Waals surface area contributed by atoms with Crippen molar-refractivity contribution in [3.05, 3.63) is 35.4 Å². The van der Waals surface area contributed by atoms with E-state index in [1.165, 1.54) is 0 Å². The number of nitrogens with zero attached hydrogens (tertiary/aromatic N) is 1. The second-order valence-corrected chi connectivity index (χ2v) is 10.0. The van der Waals surface area contributed by atoms with Crippen molar-refractivity contribution in [2.24, 2.45) is 17.1 Å². The quantitative estimate of drug-likeness (QED) is 0.777. The first kappa shape index (κ1) is 22.3. The Morgan fingerprint density at radius 3 is 1.96 bits per heavy atom. The first-order valence-electron chi connectivity index (χ1n) is 10.2. The Hall–Kier alpha value is -2.04. The van der Waals surface area contributed by atoms with Crippen molar-refractivity contribution >= 4 is 12.0 Å². The summed E-state index contributed by atoms with van der Waals surface area (Å²) >= 11 is 0. The van der Waals surface area contributed by atoms with Gasteiger partial charge in [-0.25, -0.2) is 4.79 Å². The fourth-order valence-electron chi connectivity index (χ4n) is 3.89. The van der Waals surface area contributed by atoms with E-state index in [0.717, 1.165) is 31.2 Å². The zero-order chi connectivity index (χ0) is 21.1. The zero-order valence-corrected chi connectivity index (χ0v) is 18.2. The summed E-state index contributed by atoms with van der Waals surface area (Å²) in [6.45, 7) is 13.0. The zero-order valence-electron chi connectivity index (χ0n) is 18.2. The highest BCUT2D eigenvalue weighted by Gasteiger charge is 2.35. The number of rotatable bonds is 4. The highest BCUT2D eigenvalue weighted by atomic mass is 16.6. The van der Waals surface area contributed by atoms with Crippen molar-refractivity contribution in [1.82, 2.24) is 4.90 Å². The molecule has 5 heteroatoms. The van der Waals surface area contributed by atoms with Gasteiger partial charge in [-0.2, -0.15) is 0 Å². The molecule has 28 heavy (non-hydrogen) atoms. The summed E-state index contributed by atoms with van der Waals surface area (Å²) in [6, 6.07) is 7.31. The topological polar surface area (TPSA) is 72.6 Å². The molecule has 1 aromatic carbocycles. The molecule has 0 radical (unpaired) electrons. The Labute approximate surface area is 169 Å². The van der Waals surface area contributed by atoms with Gasteiger partial charge < -0.3 is 15.4 Å². The average molecular weight is 389 g/mol. The maximum absolute atomic E-state index is 12.9. The molecule has 1 aliphatic carbocycles. The van der Waals surface area contributed by atoms with E-state index in [2.05, 4.69) is 20.8 Å². The molecule has 2 amide bonds. The van der Waals surface area contributed by atoms with Gasteiger partial charge in [0.1, 0.15) is 5.60 Å². The molecule has 1 aromatic rings. The van der Waals surface area contributed by atoms with Gasteiger partial charge in [0.25, 0.3) is 0 Å². The SMILES string of the molecule is CC(C)(C)OC(=O)N(Cc1ccc(C(N)=O)cc1)C1CCC(C(C)(C)C)CC1. The van der Waals surface area contributed by atoms with Crippen LogP contribution in [0.4, 0.5) is 4.79 Å². The van der Waals surface area contributed by atoms with E-state index in [0.29, 0.717) is 23.4 Å². The third-order valence-corrected chi connectivity index (χ3v) is 5.58. The van der Waals surface area contributed by atoms with Gasteiger partial charge in [0, 0.05) is 18.2 Å². The molecule has 0 aliphatic heterocycles. The lowest BCUT2D eigenvalue weighted by molar-refractivity contribution is 0.00493. The monoisotopic (exact) mass is 388 g/mol. The van der Waals surface area contributed by atoms with Gasteiger partial charge in [-0.3, -0.25) is 4.79 Å². The highest BCUT2D eigenvalue weighted by molar-refractivity contribution is 5.92. The number of hydrogen-bond donors (Lipinski definition) is 1. The fraction of sp³-hybridized carbons (Fsp3) is 0.652. The normalized spacial score (nSPS) is 20.5. The maximum atomic E-state index is 12.9. The Morgan fingerprint density at radius 2 is 1.54 bits per heavy atom. The lowest BCUT2D eigenvalue weighted by atomic mass is 9.71. The third-order valence-electron chi connectivity index (χ3n) is 5.58. The predicted molar refractivity (Wildman–Crippen MR) is 112 cm³/mol. The van der Waals surface area contributed by atoms with Crippen LogP contribution >= 0.6 is 0 Å². The fourth-order valence-corrected chi connectivity index (χ4v) is 3.89. The van der Waals surface area contributed by atoms with Crippen molar-refractivity contribution < 1.29 is 14.3 Å². The minimum Gasteiger partial charge on any atom is -0.444 e. The van der Waals surface area contributed by atoms with Crippen molar-refractivity contribution in [1.29, 1.82) is 0 Å². The van der Waals surface area contributed by atoms with E-state index in [1.54, 1.807) is 12.1 Å². The van der Waals surface area contributed by atoms with Gasteiger partial charge in [-0.05, 0) is 75.5 Å².